The zero-order chi connectivity index (χ0) is 12.3. The van der Waals surface area contributed by atoms with Crippen molar-refractivity contribution in [2.75, 3.05) is 7.11 Å². The normalized spacial score (nSPS) is 16.8. The van der Waals surface area contributed by atoms with Gasteiger partial charge in [0, 0.05) is 11.1 Å². The summed E-state index contributed by atoms with van der Waals surface area (Å²) in [4.78, 5) is 11.5. The standard InChI is InChI=1S/C14H19NO2/c1-17-12-9-5-8-11(14(15)16)13(12)10-6-3-2-4-7-10/h5,8-10H,2-4,6-7H2,1H3,(H2,15,16). The number of amides is 1. The maximum Gasteiger partial charge on any atom is 0.249 e. The molecule has 0 atom stereocenters. The number of rotatable bonds is 3. The van der Waals surface area contributed by atoms with Gasteiger partial charge in [0.25, 0.3) is 0 Å². The van der Waals surface area contributed by atoms with Crippen LogP contribution in [0, 0.1) is 0 Å². The van der Waals surface area contributed by atoms with E-state index in [-0.39, 0.29) is 5.91 Å². The Labute approximate surface area is 102 Å². The molecule has 0 aliphatic heterocycles. The molecule has 1 saturated carbocycles. The van der Waals surface area contributed by atoms with Crippen LogP contribution >= 0.6 is 0 Å². The first-order valence-corrected chi connectivity index (χ1v) is 6.20. The first kappa shape index (κ1) is 12.0. The second kappa shape index (κ2) is 5.21. The summed E-state index contributed by atoms with van der Waals surface area (Å²) < 4.78 is 5.38. The zero-order valence-corrected chi connectivity index (χ0v) is 10.2. The van der Waals surface area contributed by atoms with Crippen LogP contribution in [0.4, 0.5) is 0 Å². The van der Waals surface area contributed by atoms with Crippen molar-refractivity contribution in [2.24, 2.45) is 5.73 Å². The molecule has 17 heavy (non-hydrogen) atoms. The Morgan fingerprint density at radius 3 is 2.59 bits per heavy atom. The van der Waals surface area contributed by atoms with Crippen LogP contribution in [-0.2, 0) is 0 Å². The quantitative estimate of drug-likeness (QED) is 0.872. The molecule has 0 radical (unpaired) electrons. The molecule has 1 aliphatic rings. The van der Waals surface area contributed by atoms with Gasteiger partial charge in [0.05, 0.1) is 7.11 Å². The molecule has 0 saturated heterocycles. The third-order valence-electron chi connectivity index (χ3n) is 3.56. The highest BCUT2D eigenvalue weighted by molar-refractivity contribution is 5.95. The highest BCUT2D eigenvalue weighted by Crippen LogP contribution is 2.39. The van der Waals surface area contributed by atoms with Crippen molar-refractivity contribution < 1.29 is 9.53 Å². The van der Waals surface area contributed by atoms with E-state index in [1.165, 1.54) is 19.3 Å². The summed E-state index contributed by atoms with van der Waals surface area (Å²) in [5.41, 5.74) is 7.09. The van der Waals surface area contributed by atoms with Crippen molar-refractivity contribution in [3.63, 3.8) is 0 Å². The van der Waals surface area contributed by atoms with Crippen molar-refractivity contribution in [3.8, 4) is 5.75 Å². The summed E-state index contributed by atoms with van der Waals surface area (Å²) in [6, 6.07) is 5.54. The lowest BCUT2D eigenvalue weighted by Gasteiger charge is -2.25. The number of primary amides is 1. The topological polar surface area (TPSA) is 52.3 Å². The fraction of sp³-hybridized carbons (Fsp3) is 0.500. The molecule has 1 aromatic rings. The summed E-state index contributed by atoms with van der Waals surface area (Å²) in [5.74, 6) is 0.861. The second-order valence-corrected chi connectivity index (χ2v) is 4.62. The van der Waals surface area contributed by atoms with Gasteiger partial charge in [0.2, 0.25) is 5.91 Å². The predicted octanol–water partition coefficient (Wildman–Crippen LogP) is 2.84. The Morgan fingerprint density at radius 1 is 1.29 bits per heavy atom. The molecule has 3 heteroatoms. The molecule has 1 aromatic carbocycles. The Balaban J connectivity index is 2.43. The van der Waals surface area contributed by atoms with E-state index in [0.29, 0.717) is 11.5 Å². The third-order valence-corrected chi connectivity index (χ3v) is 3.56. The SMILES string of the molecule is COc1cccc(C(N)=O)c1C1CCCCC1. The third kappa shape index (κ3) is 2.43. The first-order valence-electron chi connectivity index (χ1n) is 6.20. The lowest BCUT2D eigenvalue weighted by molar-refractivity contribution is 0.0998. The highest BCUT2D eigenvalue weighted by Gasteiger charge is 2.23. The summed E-state index contributed by atoms with van der Waals surface area (Å²) in [5, 5.41) is 0. The van der Waals surface area contributed by atoms with Crippen molar-refractivity contribution in [1.82, 2.24) is 0 Å². The lowest BCUT2D eigenvalue weighted by Crippen LogP contribution is -2.17. The Kier molecular flexibility index (Phi) is 3.67. The number of benzene rings is 1. The fourth-order valence-electron chi connectivity index (χ4n) is 2.75. The van der Waals surface area contributed by atoms with Gasteiger partial charge in [-0.2, -0.15) is 0 Å². The minimum atomic E-state index is -0.357. The number of ether oxygens (including phenoxy) is 1. The molecule has 3 nitrogen and oxygen atoms in total. The molecule has 1 aliphatic carbocycles. The molecule has 2 N–H and O–H groups in total. The van der Waals surface area contributed by atoms with Crippen LogP contribution in [-0.4, -0.2) is 13.0 Å². The molecular weight excluding hydrogens is 214 g/mol. The van der Waals surface area contributed by atoms with E-state index >= 15 is 0 Å². The van der Waals surface area contributed by atoms with Crippen molar-refractivity contribution in [2.45, 2.75) is 38.0 Å². The van der Waals surface area contributed by atoms with E-state index in [0.717, 1.165) is 24.2 Å². The zero-order valence-electron chi connectivity index (χ0n) is 10.2. The maximum absolute atomic E-state index is 11.5. The van der Waals surface area contributed by atoms with Crippen LogP contribution in [0.25, 0.3) is 0 Å². The second-order valence-electron chi connectivity index (χ2n) is 4.62. The van der Waals surface area contributed by atoms with Gasteiger partial charge in [-0.05, 0) is 30.9 Å². The van der Waals surface area contributed by atoms with Crippen LogP contribution in [0.5, 0.6) is 5.75 Å². The number of methoxy groups -OCH3 is 1. The van der Waals surface area contributed by atoms with Gasteiger partial charge in [-0.15, -0.1) is 0 Å². The molecule has 0 unspecified atom stereocenters. The number of nitrogens with two attached hydrogens (primary N) is 1. The summed E-state index contributed by atoms with van der Waals surface area (Å²) in [7, 11) is 1.65. The molecule has 1 fully saturated rings. The Morgan fingerprint density at radius 2 is 2.00 bits per heavy atom. The van der Waals surface area contributed by atoms with Gasteiger partial charge in [0.15, 0.2) is 0 Å². The van der Waals surface area contributed by atoms with Crippen molar-refractivity contribution >= 4 is 5.91 Å². The predicted molar refractivity (Wildman–Crippen MR) is 67.3 cm³/mol. The number of hydrogen-bond acceptors (Lipinski definition) is 2. The van der Waals surface area contributed by atoms with Crippen molar-refractivity contribution in [1.29, 1.82) is 0 Å². The van der Waals surface area contributed by atoms with E-state index in [9.17, 15) is 4.79 Å². The number of carbonyl (C=O) groups excluding carboxylic acids is 1. The van der Waals surface area contributed by atoms with Gasteiger partial charge in [-0.1, -0.05) is 25.3 Å². The lowest BCUT2D eigenvalue weighted by atomic mass is 9.81. The molecular formula is C14H19NO2. The molecule has 2 rings (SSSR count). The van der Waals surface area contributed by atoms with E-state index in [4.69, 9.17) is 10.5 Å². The Hall–Kier alpha value is -1.51. The van der Waals surface area contributed by atoms with Gasteiger partial charge in [-0.3, -0.25) is 4.79 Å². The molecule has 1 amide bonds. The summed E-state index contributed by atoms with van der Waals surface area (Å²) in [6.45, 7) is 0. The smallest absolute Gasteiger partial charge is 0.249 e. The minimum Gasteiger partial charge on any atom is -0.496 e. The van der Waals surface area contributed by atoms with Crippen LogP contribution in [0.1, 0.15) is 53.9 Å². The fourth-order valence-corrected chi connectivity index (χ4v) is 2.75. The van der Waals surface area contributed by atoms with Crippen LogP contribution in [0.2, 0.25) is 0 Å². The van der Waals surface area contributed by atoms with E-state index in [2.05, 4.69) is 0 Å². The van der Waals surface area contributed by atoms with E-state index in [1.807, 2.05) is 12.1 Å². The van der Waals surface area contributed by atoms with Gasteiger partial charge in [0.1, 0.15) is 5.75 Å². The van der Waals surface area contributed by atoms with Crippen LogP contribution < -0.4 is 10.5 Å². The molecule has 0 heterocycles. The minimum absolute atomic E-state index is 0.357. The molecule has 0 aromatic heterocycles. The van der Waals surface area contributed by atoms with Gasteiger partial charge >= 0.3 is 0 Å². The monoisotopic (exact) mass is 233 g/mol. The Bertz CT molecular complexity index is 409. The number of hydrogen-bond donors (Lipinski definition) is 1. The first-order chi connectivity index (χ1) is 8.24. The molecule has 92 valence electrons. The van der Waals surface area contributed by atoms with E-state index < -0.39 is 0 Å². The maximum atomic E-state index is 11.5. The van der Waals surface area contributed by atoms with Gasteiger partial charge in [-0.25, -0.2) is 0 Å². The largest absolute Gasteiger partial charge is 0.496 e. The summed E-state index contributed by atoms with van der Waals surface area (Å²) >= 11 is 0. The molecule has 0 bridgehead atoms. The van der Waals surface area contributed by atoms with Gasteiger partial charge < -0.3 is 10.5 Å². The summed E-state index contributed by atoms with van der Waals surface area (Å²) in [6.07, 6.45) is 5.99. The van der Waals surface area contributed by atoms with E-state index in [1.54, 1.807) is 13.2 Å². The average Bonchev–Trinajstić information content (AvgIpc) is 2.38. The molecule has 0 spiro atoms. The van der Waals surface area contributed by atoms with Crippen LogP contribution in [0.3, 0.4) is 0 Å². The number of carbonyl (C=O) groups is 1. The highest BCUT2D eigenvalue weighted by atomic mass is 16.5. The van der Waals surface area contributed by atoms with Crippen LogP contribution in [0.15, 0.2) is 18.2 Å². The van der Waals surface area contributed by atoms with Crippen molar-refractivity contribution in [3.05, 3.63) is 29.3 Å². The average molecular weight is 233 g/mol.